The minimum Gasteiger partial charge on any atom is -0.339 e. The Morgan fingerprint density at radius 2 is 2.03 bits per heavy atom. The number of rotatable bonds is 4. The lowest BCUT2D eigenvalue weighted by Gasteiger charge is -2.32. The van der Waals surface area contributed by atoms with Crippen molar-refractivity contribution in [2.75, 3.05) is 13.1 Å². The number of aryl methyl sites for hydroxylation is 1. The second kappa shape index (κ2) is 8.48. The molecule has 0 atom stereocenters. The molecule has 33 heavy (non-hydrogen) atoms. The molecule has 0 unspecified atom stereocenters. The van der Waals surface area contributed by atoms with E-state index in [4.69, 9.17) is 16.7 Å². The number of likely N-dealkylation sites (tertiary alicyclic amines) is 1. The zero-order valence-electron chi connectivity index (χ0n) is 18.7. The number of hydrogen-bond donors (Lipinski definition) is 1. The first-order valence-corrected chi connectivity index (χ1v) is 11.4. The fraction of sp³-hybridized carbons (Fsp3) is 0.280. The lowest BCUT2D eigenvalue weighted by molar-refractivity contribution is -0.127. The van der Waals surface area contributed by atoms with Crippen molar-refractivity contribution < 1.29 is 4.79 Å². The molecule has 0 bridgehead atoms. The number of amides is 1. The number of pyridine rings is 1. The molecule has 4 heterocycles. The van der Waals surface area contributed by atoms with Crippen LogP contribution in [0, 0.1) is 13.8 Å². The number of fused-ring (bicyclic) bond motifs is 1. The summed E-state index contributed by atoms with van der Waals surface area (Å²) in [5, 5.41) is 14.1. The maximum absolute atomic E-state index is 12.0. The van der Waals surface area contributed by atoms with Crippen LogP contribution in [0.1, 0.15) is 30.1 Å². The Morgan fingerprint density at radius 3 is 2.73 bits per heavy atom. The minimum atomic E-state index is -0.0173. The molecule has 3 aromatic heterocycles. The van der Waals surface area contributed by atoms with Crippen LogP contribution in [0.15, 0.2) is 49.4 Å². The van der Waals surface area contributed by atoms with E-state index in [1.54, 1.807) is 6.20 Å². The third kappa shape index (κ3) is 3.62. The van der Waals surface area contributed by atoms with Crippen LogP contribution in [-0.4, -0.2) is 48.9 Å². The first-order valence-electron chi connectivity index (χ1n) is 11.0. The van der Waals surface area contributed by atoms with Crippen LogP contribution in [0.2, 0.25) is 5.02 Å². The lowest BCUT2D eigenvalue weighted by Crippen LogP contribution is -2.38. The number of carbonyl (C=O) groups excluding carboxylic acids is 1. The Hall–Kier alpha value is -3.45. The lowest BCUT2D eigenvalue weighted by atomic mass is 9.95. The highest BCUT2D eigenvalue weighted by molar-refractivity contribution is 6.36. The van der Waals surface area contributed by atoms with E-state index in [2.05, 4.69) is 33.4 Å². The average molecular weight is 461 g/mol. The third-order valence-corrected chi connectivity index (χ3v) is 6.98. The van der Waals surface area contributed by atoms with Gasteiger partial charge in [-0.3, -0.25) is 19.6 Å². The highest BCUT2D eigenvalue weighted by Gasteiger charge is 2.29. The number of aromatic nitrogens is 5. The van der Waals surface area contributed by atoms with Gasteiger partial charge in [0.05, 0.1) is 22.8 Å². The first-order chi connectivity index (χ1) is 16.0. The molecule has 1 aliphatic heterocycles. The normalized spacial score (nSPS) is 14.7. The monoisotopic (exact) mass is 460 g/mol. The Labute approximate surface area is 197 Å². The van der Waals surface area contributed by atoms with Gasteiger partial charge in [0.1, 0.15) is 5.69 Å². The second-order valence-corrected chi connectivity index (χ2v) is 8.85. The molecule has 1 aromatic carbocycles. The van der Waals surface area contributed by atoms with E-state index in [0.29, 0.717) is 18.1 Å². The van der Waals surface area contributed by atoms with Crippen molar-refractivity contribution >= 4 is 28.4 Å². The Bertz CT molecular complexity index is 1350. The minimum absolute atomic E-state index is 0.0173. The molecule has 7 nitrogen and oxygen atoms in total. The van der Waals surface area contributed by atoms with Crippen molar-refractivity contribution in [1.82, 2.24) is 29.9 Å². The maximum Gasteiger partial charge on any atom is 0.245 e. The highest BCUT2D eigenvalue weighted by atomic mass is 35.5. The predicted molar refractivity (Wildman–Crippen MR) is 130 cm³/mol. The fourth-order valence-electron chi connectivity index (χ4n) is 4.78. The van der Waals surface area contributed by atoms with Crippen LogP contribution in [0.5, 0.6) is 0 Å². The molecular weight excluding hydrogens is 436 g/mol. The van der Waals surface area contributed by atoms with Gasteiger partial charge in [-0.15, -0.1) is 0 Å². The number of halogens is 1. The van der Waals surface area contributed by atoms with Crippen molar-refractivity contribution in [2.45, 2.75) is 32.7 Å². The summed E-state index contributed by atoms with van der Waals surface area (Å²) in [5.41, 5.74) is 6.66. The van der Waals surface area contributed by atoms with Crippen molar-refractivity contribution in [1.29, 1.82) is 0 Å². The Balaban J connectivity index is 1.67. The van der Waals surface area contributed by atoms with Gasteiger partial charge in [0, 0.05) is 53.3 Å². The first kappa shape index (κ1) is 21.4. The SMILES string of the molecule is C=CC(=O)N1CCC(n2nc(-c3cccnc3)c(-c3c(Cl)c(C)cc4[nH]ncc34)c2C)CC1. The van der Waals surface area contributed by atoms with Crippen LogP contribution < -0.4 is 0 Å². The number of piperidine rings is 1. The molecule has 8 heteroatoms. The van der Waals surface area contributed by atoms with Crippen molar-refractivity contribution in [3.05, 3.63) is 65.7 Å². The van der Waals surface area contributed by atoms with Crippen molar-refractivity contribution in [3.8, 4) is 22.4 Å². The molecule has 0 aliphatic carbocycles. The highest BCUT2D eigenvalue weighted by Crippen LogP contribution is 2.44. The Morgan fingerprint density at radius 1 is 1.24 bits per heavy atom. The predicted octanol–water partition coefficient (Wildman–Crippen LogP) is 5.11. The van der Waals surface area contributed by atoms with Crippen LogP contribution in [0.25, 0.3) is 33.3 Å². The summed E-state index contributed by atoms with van der Waals surface area (Å²) in [5.74, 6) is -0.0173. The number of carbonyl (C=O) groups is 1. The smallest absolute Gasteiger partial charge is 0.245 e. The van der Waals surface area contributed by atoms with Gasteiger partial charge in [-0.05, 0) is 56.5 Å². The van der Waals surface area contributed by atoms with Gasteiger partial charge in [-0.2, -0.15) is 10.2 Å². The molecule has 1 amide bonds. The van der Waals surface area contributed by atoms with Crippen LogP contribution in [-0.2, 0) is 4.79 Å². The van der Waals surface area contributed by atoms with E-state index in [1.807, 2.05) is 42.4 Å². The van der Waals surface area contributed by atoms with Crippen LogP contribution >= 0.6 is 11.6 Å². The van der Waals surface area contributed by atoms with Crippen LogP contribution in [0.4, 0.5) is 0 Å². The number of H-pyrrole nitrogens is 1. The molecule has 0 spiro atoms. The number of benzene rings is 1. The molecule has 0 saturated carbocycles. The number of nitrogens with one attached hydrogen (secondary N) is 1. The summed E-state index contributed by atoms with van der Waals surface area (Å²) in [7, 11) is 0. The number of hydrogen-bond acceptors (Lipinski definition) is 4. The van der Waals surface area contributed by atoms with Gasteiger partial charge in [0.25, 0.3) is 0 Å². The van der Waals surface area contributed by atoms with Gasteiger partial charge in [-0.25, -0.2) is 0 Å². The fourth-order valence-corrected chi connectivity index (χ4v) is 5.03. The zero-order valence-corrected chi connectivity index (χ0v) is 19.4. The molecular formula is C25H25ClN6O. The van der Waals surface area contributed by atoms with Crippen molar-refractivity contribution in [3.63, 3.8) is 0 Å². The molecule has 0 radical (unpaired) electrons. The van der Waals surface area contributed by atoms with Gasteiger partial charge in [0.15, 0.2) is 0 Å². The molecule has 1 fully saturated rings. The standard InChI is InChI=1S/C25H25ClN6O/c1-4-21(33)31-10-7-18(8-11-31)32-16(3)22(25(30-32)17-6-5-9-27-13-17)23-19-14-28-29-20(19)12-15(2)24(23)26/h4-6,9,12-14,18H,1,7-8,10-11H2,2-3H3,(H,28,29). The number of aromatic amines is 1. The van der Waals surface area contributed by atoms with Gasteiger partial charge < -0.3 is 4.90 Å². The summed E-state index contributed by atoms with van der Waals surface area (Å²) in [6.07, 6.45) is 8.45. The van der Waals surface area contributed by atoms with Gasteiger partial charge in [0.2, 0.25) is 5.91 Å². The summed E-state index contributed by atoms with van der Waals surface area (Å²) in [6, 6.07) is 6.14. The summed E-state index contributed by atoms with van der Waals surface area (Å²) in [4.78, 5) is 18.2. The van der Waals surface area contributed by atoms with Gasteiger partial charge in [-0.1, -0.05) is 18.2 Å². The summed E-state index contributed by atoms with van der Waals surface area (Å²) in [6.45, 7) is 9.07. The van der Waals surface area contributed by atoms with E-state index in [-0.39, 0.29) is 11.9 Å². The van der Waals surface area contributed by atoms with E-state index in [1.165, 1.54) is 6.08 Å². The zero-order chi connectivity index (χ0) is 23.1. The van der Waals surface area contributed by atoms with Gasteiger partial charge >= 0.3 is 0 Å². The second-order valence-electron chi connectivity index (χ2n) is 8.47. The topological polar surface area (TPSA) is 79.7 Å². The molecule has 4 aromatic rings. The van der Waals surface area contributed by atoms with E-state index in [9.17, 15) is 4.79 Å². The van der Waals surface area contributed by atoms with E-state index >= 15 is 0 Å². The number of nitrogens with zero attached hydrogens (tertiary/aromatic N) is 5. The van der Waals surface area contributed by atoms with Crippen molar-refractivity contribution in [2.24, 2.45) is 0 Å². The molecule has 5 rings (SSSR count). The van der Waals surface area contributed by atoms with Crippen LogP contribution in [0.3, 0.4) is 0 Å². The van der Waals surface area contributed by atoms with E-state index in [0.717, 1.165) is 57.4 Å². The maximum atomic E-state index is 12.0. The summed E-state index contributed by atoms with van der Waals surface area (Å²) >= 11 is 6.91. The molecule has 1 N–H and O–H groups in total. The summed E-state index contributed by atoms with van der Waals surface area (Å²) < 4.78 is 2.11. The molecule has 1 saturated heterocycles. The third-order valence-electron chi connectivity index (χ3n) is 6.50. The largest absolute Gasteiger partial charge is 0.339 e. The Kier molecular flexibility index (Phi) is 5.50. The quantitative estimate of drug-likeness (QED) is 0.429. The average Bonchev–Trinajstić information content (AvgIpc) is 3.44. The molecule has 1 aliphatic rings. The molecule has 168 valence electrons. The van der Waals surface area contributed by atoms with E-state index < -0.39 is 0 Å².